The van der Waals surface area contributed by atoms with Gasteiger partial charge in [0, 0.05) is 5.02 Å². The van der Waals surface area contributed by atoms with E-state index < -0.39 is 11.7 Å². The van der Waals surface area contributed by atoms with E-state index in [-0.39, 0.29) is 23.7 Å². The number of aryl methyl sites for hydroxylation is 1. The van der Waals surface area contributed by atoms with Crippen molar-refractivity contribution in [2.24, 2.45) is 0 Å². The average molecular weight is 350 g/mol. The number of hydrogen-bond acceptors (Lipinski definition) is 3. The van der Waals surface area contributed by atoms with Crippen LogP contribution < -0.4 is 9.64 Å². The maximum Gasteiger partial charge on any atom is 0.299 e. The summed E-state index contributed by atoms with van der Waals surface area (Å²) in [7, 11) is 0. The molecule has 23 heavy (non-hydrogen) atoms. The van der Waals surface area contributed by atoms with Crippen LogP contribution in [0, 0.1) is 6.92 Å². The molecule has 2 aromatic rings. The number of nitrogens with zero attached hydrogens (tertiary/aromatic N) is 1. The summed E-state index contributed by atoms with van der Waals surface area (Å²) in [6.07, 6.45) is 0. The van der Waals surface area contributed by atoms with Crippen LogP contribution in [0.5, 0.6) is 5.75 Å². The number of ether oxygens (including phenoxy) is 1. The molecule has 0 aliphatic carbocycles. The summed E-state index contributed by atoms with van der Waals surface area (Å²) in [4.78, 5) is 25.5. The van der Waals surface area contributed by atoms with Crippen molar-refractivity contribution in [3.05, 3.63) is 57.6 Å². The van der Waals surface area contributed by atoms with Crippen molar-refractivity contribution in [2.45, 2.75) is 6.92 Å². The van der Waals surface area contributed by atoms with E-state index in [0.29, 0.717) is 16.5 Å². The first-order valence-electron chi connectivity index (χ1n) is 7.02. The molecule has 0 N–H and O–H groups in total. The highest BCUT2D eigenvalue weighted by Gasteiger charge is 2.37. The second-order valence-corrected chi connectivity index (χ2v) is 6.08. The highest BCUT2D eigenvalue weighted by Crippen LogP contribution is 2.38. The first-order valence-corrected chi connectivity index (χ1v) is 7.77. The van der Waals surface area contributed by atoms with E-state index in [1.165, 1.54) is 17.0 Å². The van der Waals surface area contributed by atoms with Crippen molar-refractivity contribution in [1.82, 2.24) is 0 Å². The van der Waals surface area contributed by atoms with Gasteiger partial charge in [-0.15, -0.1) is 0 Å². The molecule has 0 unspecified atom stereocenters. The van der Waals surface area contributed by atoms with Gasteiger partial charge in [0.2, 0.25) is 0 Å². The van der Waals surface area contributed by atoms with E-state index in [9.17, 15) is 9.59 Å². The van der Waals surface area contributed by atoms with Crippen molar-refractivity contribution in [2.75, 3.05) is 18.1 Å². The molecule has 6 heteroatoms. The van der Waals surface area contributed by atoms with Gasteiger partial charge in [0.25, 0.3) is 11.7 Å². The molecule has 0 atom stereocenters. The average Bonchev–Trinajstić information content (AvgIpc) is 2.73. The summed E-state index contributed by atoms with van der Waals surface area (Å²) in [6.45, 7) is 2.45. The van der Waals surface area contributed by atoms with E-state index in [4.69, 9.17) is 27.9 Å². The van der Waals surface area contributed by atoms with Crippen LogP contribution in [-0.2, 0) is 4.79 Å². The van der Waals surface area contributed by atoms with Gasteiger partial charge in [0.15, 0.2) is 0 Å². The molecule has 1 amide bonds. The van der Waals surface area contributed by atoms with E-state index in [1.807, 2.05) is 31.2 Å². The lowest BCUT2D eigenvalue weighted by Crippen LogP contribution is -2.33. The van der Waals surface area contributed by atoms with Crippen LogP contribution in [0.15, 0.2) is 36.4 Å². The SMILES string of the molecule is Cc1cccc(OCCN2C(=O)C(=O)c3cc(Cl)cc(Cl)c32)c1. The van der Waals surface area contributed by atoms with Crippen LogP contribution >= 0.6 is 23.2 Å². The molecule has 0 saturated heterocycles. The van der Waals surface area contributed by atoms with E-state index >= 15 is 0 Å². The fraction of sp³-hybridized carbons (Fsp3) is 0.176. The lowest BCUT2D eigenvalue weighted by Gasteiger charge is -2.18. The topological polar surface area (TPSA) is 46.6 Å². The number of halogens is 2. The number of rotatable bonds is 4. The molecule has 0 radical (unpaired) electrons. The number of benzene rings is 2. The monoisotopic (exact) mass is 349 g/mol. The zero-order valence-electron chi connectivity index (χ0n) is 12.3. The van der Waals surface area contributed by atoms with Crippen molar-refractivity contribution in [3.8, 4) is 5.75 Å². The zero-order chi connectivity index (χ0) is 16.6. The Morgan fingerprint density at radius 2 is 1.91 bits per heavy atom. The predicted octanol–water partition coefficient (Wildman–Crippen LogP) is 3.91. The Hall–Kier alpha value is -2.04. The molecule has 0 aromatic heterocycles. The van der Waals surface area contributed by atoms with Crippen molar-refractivity contribution < 1.29 is 14.3 Å². The Kier molecular flexibility index (Phi) is 4.28. The van der Waals surface area contributed by atoms with Gasteiger partial charge in [-0.25, -0.2) is 0 Å². The first kappa shape index (κ1) is 15.8. The van der Waals surface area contributed by atoms with Gasteiger partial charge in [0.1, 0.15) is 12.4 Å². The second-order valence-electron chi connectivity index (χ2n) is 5.23. The Balaban J connectivity index is 1.77. The fourth-order valence-corrected chi connectivity index (χ4v) is 3.12. The lowest BCUT2D eigenvalue weighted by atomic mass is 10.1. The van der Waals surface area contributed by atoms with Crippen LogP contribution in [0.1, 0.15) is 15.9 Å². The summed E-state index contributed by atoms with van der Waals surface area (Å²) < 4.78 is 5.64. The third-order valence-corrected chi connectivity index (χ3v) is 4.06. The summed E-state index contributed by atoms with van der Waals surface area (Å²) in [5.74, 6) is -0.498. The predicted molar refractivity (Wildman–Crippen MR) is 89.8 cm³/mol. The van der Waals surface area contributed by atoms with Gasteiger partial charge in [-0.05, 0) is 36.8 Å². The summed E-state index contributed by atoms with van der Waals surface area (Å²) in [6, 6.07) is 10.6. The number of amides is 1. The van der Waals surface area contributed by atoms with Crippen LogP contribution in [0.2, 0.25) is 10.0 Å². The summed E-state index contributed by atoms with van der Waals surface area (Å²) in [5, 5.41) is 0.606. The number of ketones is 1. The molecule has 1 heterocycles. The highest BCUT2D eigenvalue weighted by molar-refractivity contribution is 6.54. The maximum absolute atomic E-state index is 12.1. The van der Waals surface area contributed by atoms with Crippen LogP contribution in [0.25, 0.3) is 0 Å². The normalized spacial score (nSPS) is 13.4. The van der Waals surface area contributed by atoms with Gasteiger partial charge in [-0.3, -0.25) is 14.5 Å². The van der Waals surface area contributed by atoms with Gasteiger partial charge in [0.05, 0.1) is 22.8 Å². The molecule has 3 rings (SSSR count). The fourth-order valence-electron chi connectivity index (χ4n) is 2.53. The number of carbonyl (C=O) groups excluding carboxylic acids is 2. The van der Waals surface area contributed by atoms with Crippen molar-refractivity contribution >= 4 is 40.6 Å². The largest absolute Gasteiger partial charge is 0.492 e. The summed E-state index contributed by atoms with van der Waals surface area (Å²) in [5.41, 5.74) is 1.72. The molecule has 1 aliphatic heterocycles. The Morgan fingerprint density at radius 3 is 2.65 bits per heavy atom. The number of fused-ring (bicyclic) bond motifs is 1. The standard InChI is InChI=1S/C17H13Cl2NO3/c1-10-3-2-4-12(7-10)23-6-5-20-15-13(16(21)17(20)22)8-11(18)9-14(15)19/h2-4,7-9H,5-6H2,1H3. The maximum atomic E-state index is 12.1. The third-order valence-electron chi connectivity index (χ3n) is 3.56. The highest BCUT2D eigenvalue weighted by atomic mass is 35.5. The first-order chi connectivity index (χ1) is 11.0. The minimum Gasteiger partial charge on any atom is -0.492 e. The van der Waals surface area contributed by atoms with Crippen LogP contribution in [-0.4, -0.2) is 24.8 Å². The second kappa shape index (κ2) is 6.22. The molecular weight excluding hydrogens is 337 g/mol. The third kappa shape index (κ3) is 3.05. The molecule has 4 nitrogen and oxygen atoms in total. The van der Waals surface area contributed by atoms with E-state index in [1.54, 1.807) is 0 Å². The van der Waals surface area contributed by atoms with Gasteiger partial charge < -0.3 is 4.74 Å². The van der Waals surface area contributed by atoms with Gasteiger partial charge >= 0.3 is 0 Å². The summed E-state index contributed by atoms with van der Waals surface area (Å²) >= 11 is 12.0. The van der Waals surface area contributed by atoms with Gasteiger partial charge in [-0.2, -0.15) is 0 Å². The quantitative estimate of drug-likeness (QED) is 0.786. The zero-order valence-corrected chi connectivity index (χ0v) is 13.8. The van der Waals surface area contributed by atoms with E-state index in [0.717, 1.165) is 5.56 Å². The smallest absolute Gasteiger partial charge is 0.299 e. The molecule has 0 saturated carbocycles. The number of Topliss-reactive ketones (excluding diaryl/α,β-unsaturated/α-hetero) is 1. The molecule has 0 fully saturated rings. The molecular formula is C17H13Cl2NO3. The van der Waals surface area contributed by atoms with Crippen molar-refractivity contribution in [1.29, 1.82) is 0 Å². The molecule has 0 bridgehead atoms. The number of anilines is 1. The molecule has 2 aromatic carbocycles. The van der Waals surface area contributed by atoms with Crippen molar-refractivity contribution in [3.63, 3.8) is 0 Å². The van der Waals surface area contributed by atoms with Crippen LogP contribution in [0.4, 0.5) is 5.69 Å². The molecule has 0 spiro atoms. The Bertz CT molecular complexity index is 804. The Labute approximate surface area is 143 Å². The number of hydrogen-bond donors (Lipinski definition) is 0. The molecule has 118 valence electrons. The minimum atomic E-state index is -0.614. The molecule has 1 aliphatic rings. The lowest BCUT2D eigenvalue weighted by molar-refractivity contribution is -0.114. The minimum absolute atomic E-state index is 0.229. The Morgan fingerprint density at radius 1 is 1.13 bits per heavy atom. The number of carbonyl (C=O) groups is 2. The van der Waals surface area contributed by atoms with E-state index in [2.05, 4.69) is 0 Å². The van der Waals surface area contributed by atoms with Gasteiger partial charge in [-0.1, -0.05) is 35.3 Å². The van der Waals surface area contributed by atoms with Crippen LogP contribution in [0.3, 0.4) is 0 Å².